The Labute approximate surface area is 270 Å². The van der Waals surface area contributed by atoms with Crippen LogP contribution in [0, 0.1) is 0 Å². The summed E-state index contributed by atoms with van der Waals surface area (Å²) < 4.78 is 7.22. The lowest BCUT2D eigenvalue weighted by Gasteiger charge is -2.15. The summed E-state index contributed by atoms with van der Waals surface area (Å²) in [6, 6.07) is 48.9. The highest BCUT2D eigenvalue weighted by molar-refractivity contribution is 6.15. The van der Waals surface area contributed by atoms with E-state index in [-0.39, 0.29) is 0 Å². The van der Waals surface area contributed by atoms with Crippen molar-refractivity contribution in [1.82, 2.24) is 18.5 Å². The van der Waals surface area contributed by atoms with Crippen molar-refractivity contribution < 1.29 is 0 Å². The molecular weight excluding hydrogens is 573 g/mol. The maximum Gasteiger partial charge on any atom is 0.145 e. The van der Waals surface area contributed by atoms with Crippen LogP contribution in [0.15, 0.2) is 140 Å². The van der Waals surface area contributed by atoms with Crippen LogP contribution in [0.2, 0.25) is 0 Å². The molecule has 0 unspecified atom stereocenters. The van der Waals surface area contributed by atoms with Crippen LogP contribution in [-0.2, 0) is 6.42 Å². The van der Waals surface area contributed by atoms with Gasteiger partial charge in [0.1, 0.15) is 5.65 Å². The molecule has 0 bridgehead atoms. The molecule has 47 heavy (non-hydrogen) atoms. The highest BCUT2D eigenvalue weighted by Crippen LogP contribution is 2.39. The molecule has 0 atom stereocenters. The minimum atomic E-state index is 0.968. The lowest BCUT2D eigenvalue weighted by Crippen LogP contribution is -2.00. The van der Waals surface area contributed by atoms with Gasteiger partial charge in [0.25, 0.3) is 0 Å². The van der Waals surface area contributed by atoms with Crippen LogP contribution in [0.1, 0.15) is 17.8 Å². The van der Waals surface area contributed by atoms with E-state index in [9.17, 15) is 0 Å². The normalized spacial score (nSPS) is 13.3. The Hall–Kier alpha value is -6.13. The fourth-order valence-corrected chi connectivity index (χ4v) is 8.24. The van der Waals surface area contributed by atoms with Crippen molar-refractivity contribution in [2.24, 2.45) is 0 Å². The van der Waals surface area contributed by atoms with Crippen molar-refractivity contribution in [2.75, 3.05) is 0 Å². The van der Waals surface area contributed by atoms with Crippen molar-refractivity contribution in [2.45, 2.75) is 12.8 Å². The van der Waals surface area contributed by atoms with Crippen LogP contribution in [0.25, 0.3) is 88.4 Å². The molecule has 0 fully saturated rings. The van der Waals surface area contributed by atoms with Crippen LogP contribution < -0.4 is 0 Å². The molecule has 1 aliphatic carbocycles. The standard InChI is InChI=1S/C43H28N4/c1-6-16-37-29(11-1)30-12-2-7-17-38(30)45(37)27-21-23-33-34(25-27)35-26-28(22-24-41(35)47-42-20-10-5-15-36(42)44-43(33)47)46-39-18-8-3-13-31(39)32-14-4-9-19-40(32)46/h1-4,6-14,16-26H,5,15H2. The molecule has 0 N–H and O–H groups in total. The Morgan fingerprint density at radius 1 is 0.447 bits per heavy atom. The Bertz CT molecular complexity index is 2860. The minimum absolute atomic E-state index is 0.968. The molecule has 0 aliphatic heterocycles. The molecule has 220 valence electrons. The second-order valence-corrected chi connectivity index (χ2v) is 12.7. The quantitative estimate of drug-likeness (QED) is 0.181. The summed E-state index contributed by atoms with van der Waals surface area (Å²) in [6.45, 7) is 0. The SMILES string of the molecule is C1=Cc2c(nc3c4ccc(-n5c6ccccc6c6ccccc65)cc4c4cc(-n5c6ccccc6c6ccccc65)ccc4n23)CC1. The molecule has 4 nitrogen and oxygen atoms in total. The molecule has 0 saturated carbocycles. The van der Waals surface area contributed by atoms with E-state index >= 15 is 0 Å². The molecule has 4 heteroatoms. The highest BCUT2D eigenvalue weighted by Gasteiger charge is 2.21. The zero-order valence-electron chi connectivity index (χ0n) is 25.6. The van der Waals surface area contributed by atoms with E-state index in [1.165, 1.54) is 76.7 Å². The van der Waals surface area contributed by atoms with Gasteiger partial charge in [-0.2, -0.15) is 0 Å². The Morgan fingerprint density at radius 2 is 0.957 bits per heavy atom. The molecule has 0 amide bonds. The number of pyridine rings is 1. The van der Waals surface area contributed by atoms with E-state index in [2.05, 4.69) is 159 Å². The van der Waals surface area contributed by atoms with E-state index in [0.717, 1.165) is 29.9 Å². The second kappa shape index (κ2) is 9.21. The first-order chi connectivity index (χ1) is 23.3. The largest absolute Gasteiger partial charge is 0.309 e. The number of allylic oxidation sites excluding steroid dienone is 1. The Balaban J connectivity index is 1.28. The van der Waals surface area contributed by atoms with Gasteiger partial charge >= 0.3 is 0 Å². The van der Waals surface area contributed by atoms with E-state index in [4.69, 9.17) is 4.98 Å². The van der Waals surface area contributed by atoms with Gasteiger partial charge in [0.15, 0.2) is 0 Å². The number of para-hydroxylation sites is 4. The highest BCUT2D eigenvalue weighted by atomic mass is 15.0. The first-order valence-corrected chi connectivity index (χ1v) is 16.4. The first-order valence-electron chi connectivity index (χ1n) is 16.4. The van der Waals surface area contributed by atoms with Gasteiger partial charge in [-0.3, -0.25) is 4.40 Å². The van der Waals surface area contributed by atoms with Crippen molar-refractivity contribution in [3.05, 3.63) is 151 Å². The van der Waals surface area contributed by atoms with Crippen LogP contribution in [0.3, 0.4) is 0 Å². The van der Waals surface area contributed by atoms with E-state index in [1.54, 1.807) is 0 Å². The van der Waals surface area contributed by atoms with Gasteiger partial charge in [-0.25, -0.2) is 4.98 Å². The molecule has 6 aromatic carbocycles. The minimum Gasteiger partial charge on any atom is -0.309 e. The monoisotopic (exact) mass is 600 g/mol. The van der Waals surface area contributed by atoms with Gasteiger partial charge in [-0.05, 0) is 85.0 Å². The fourth-order valence-electron chi connectivity index (χ4n) is 8.24. The van der Waals surface area contributed by atoms with Gasteiger partial charge in [0.2, 0.25) is 0 Å². The first kappa shape index (κ1) is 25.1. The van der Waals surface area contributed by atoms with Gasteiger partial charge in [0.05, 0.1) is 39.0 Å². The zero-order chi connectivity index (χ0) is 30.6. The number of benzene rings is 6. The van der Waals surface area contributed by atoms with E-state index in [0.29, 0.717) is 0 Å². The van der Waals surface area contributed by atoms with Crippen LogP contribution >= 0.6 is 0 Å². The smallest absolute Gasteiger partial charge is 0.145 e. The predicted octanol–water partition coefficient (Wildman–Crippen LogP) is 10.8. The van der Waals surface area contributed by atoms with Crippen LogP contribution in [0.4, 0.5) is 0 Å². The summed E-state index contributed by atoms with van der Waals surface area (Å²) in [5.41, 5.74) is 11.8. The number of aryl methyl sites for hydroxylation is 1. The van der Waals surface area contributed by atoms with E-state index in [1.807, 2.05) is 0 Å². The zero-order valence-corrected chi connectivity index (χ0v) is 25.6. The Morgan fingerprint density at radius 3 is 1.53 bits per heavy atom. The third kappa shape index (κ3) is 3.34. The van der Waals surface area contributed by atoms with Gasteiger partial charge < -0.3 is 9.13 Å². The molecular formula is C43H28N4. The molecule has 10 aromatic rings. The topological polar surface area (TPSA) is 27.2 Å². The predicted molar refractivity (Wildman–Crippen MR) is 196 cm³/mol. The van der Waals surface area contributed by atoms with Crippen molar-refractivity contribution >= 4 is 77.0 Å². The average Bonchev–Trinajstić information content (AvgIpc) is 3.80. The van der Waals surface area contributed by atoms with Gasteiger partial charge in [-0.1, -0.05) is 78.9 Å². The Kier molecular flexibility index (Phi) is 4.92. The molecule has 0 saturated heterocycles. The number of aromatic nitrogens is 4. The van der Waals surface area contributed by atoms with Crippen LogP contribution in [-0.4, -0.2) is 18.5 Å². The number of imidazole rings is 1. The summed E-state index contributed by atoms with van der Waals surface area (Å²) in [5.74, 6) is 0. The lowest BCUT2D eigenvalue weighted by molar-refractivity contribution is 0.943. The molecule has 4 aromatic heterocycles. The number of rotatable bonds is 2. The average molecular weight is 601 g/mol. The molecule has 11 rings (SSSR count). The van der Waals surface area contributed by atoms with Crippen LogP contribution in [0.5, 0.6) is 0 Å². The summed E-state index contributed by atoms with van der Waals surface area (Å²) in [5, 5.41) is 8.67. The number of nitrogens with zero attached hydrogens (tertiary/aromatic N) is 4. The van der Waals surface area contributed by atoms with E-state index < -0.39 is 0 Å². The van der Waals surface area contributed by atoms with Crippen molar-refractivity contribution in [1.29, 1.82) is 0 Å². The third-order valence-electron chi connectivity index (χ3n) is 10.2. The maximum absolute atomic E-state index is 5.28. The second-order valence-electron chi connectivity index (χ2n) is 12.7. The van der Waals surface area contributed by atoms with Crippen molar-refractivity contribution in [3.63, 3.8) is 0 Å². The van der Waals surface area contributed by atoms with Crippen molar-refractivity contribution in [3.8, 4) is 11.4 Å². The lowest BCUT2D eigenvalue weighted by atomic mass is 10.0. The molecule has 4 heterocycles. The number of hydrogen-bond donors (Lipinski definition) is 0. The summed E-state index contributed by atoms with van der Waals surface area (Å²) in [6.07, 6.45) is 6.54. The third-order valence-corrected chi connectivity index (χ3v) is 10.2. The van der Waals surface area contributed by atoms with Gasteiger partial charge in [-0.15, -0.1) is 0 Å². The molecule has 0 spiro atoms. The summed E-state index contributed by atoms with van der Waals surface area (Å²) in [4.78, 5) is 5.28. The number of hydrogen-bond acceptors (Lipinski definition) is 1. The summed E-state index contributed by atoms with van der Waals surface area (Å²) >= 11 is 0. The molecule has 0 radical (unpaired) electrons. The molecule has 1 aliphatic rings. The van der Waals surface area contributed by atoms with Gasteiger partial charge in [0, 0.05) is 43.7 Å². The number of fused-ring (bicyclic) bond motifs is 14. The maximum atomic E-state index is 5.28. The summed E-state index contributed by atoms with van der Waals surface area (Å²) in [7, 11) is 0. The fraction of sp³-hybridized carbons (Fsp3) is 0.0465.